The van der Waals surface area contributed by atoms with Crippen LogP contribution >= 0.6 is 0 Å². The lowest BCUT2D eigenvalue weighted by atomic mass is 10.0. The van der Waals surface area contributed by atoms with E-state index in [4.69, 9.17) is 5.11 Å². The average Bonchev–Trinajstić information content (AvgIpc) is 2.39. The molecule has 0 bridgehead atoms. The van der Waals surface area contributed by atoms with Gasteiger partial charge in [-0.05, 0) is 11.1 Å². The van der Waals surface area contributed by atoms with Gasteiger partial charge in [0.25, 0.3) is 0 Å². The van der Waals surface area contributed by atoms with E-state index in [1.165, 1.54) is 0 Å². The van der Waals surface area contributed by atoms with Gasteiger partial charge >= 0.3 is 6.09 Å². The highest BCUT2D eigenvalue weighted by atomic mass is 16.4. The van der Waals surface area contributed by atoms with Gasteiger partial charge < -0.3 is 15.7 Å². The second-order valence-corrected chi connectivity index (χ2v) is 3.69. The SMILES string of the molecule is O=C(O)NC1Cc2ccccc2CNC1=O. The van der Waals surface area contributed by atoms with E-state index >= 15 is 0 Å². The third-order valence-corrected chi connectivity index (χ3v) is 2.61. The molecule has 2 rings (SSSR count). The Balaban J connectivity index is 2.24. The number of hydrogen-bond acceptors (Lipinski definition) is 2. The van der Waals surface area contributed by atoms with E-state index in [0.717, 1.165) is 11.1 Å². The van der Waals surface area contributed by atoms with Gasteiger partial charge in [0.05, 0.1) is 0 Å². The first-order chi connectivity index (χ1) is 7.66. The van der Waals surface area contributed by atoms with E-state index in [0.29, 0.717) is 13.0 Å². The van der Waals surface area contributed by atoms with Gasteiger partial charge in [0.1, 0.15) is 6.04 Å². The highest BCUT2D eigenvalue weighted by Gasteiger charge is 2.24. The largest absolute Gasteiger partial charge is 0.465 e. The Morgan fingerprint density at radius 1 is 1.38 bits per heavy atom. The summed E-state index contributed by atoms with van der Waals surface area (Å²) in [5, 5.41) is 13.5. The summed E-state index contributed by atoms with van der Waals surface area (Å²) in [6.45, 7) is 0.451. The number of rotatable bonds is 1. The molecule has 1 aromatic carbocycles. The fourth-order valence-corrected chi connectivity index (χ4v) is 1.81. The monoisotopic (exact) mass is 220 g/mol. The Morgan fingerprint density at radius 2 is 2.06 bits per heavy atom. The van der Waals surface area contributed by atoms with Crippen molar-refractivity contribution in [3.05, 3.63) is 35.4 Å². The van der Waals surface area contributed by atoms with E-state index in [2.05, 4.69) is 10.6 Å². The zero-order valence-electron chi connectivity index (χ0n) is 8.56. The van der Waals surface area contributed by atoms with Crippen LogP contribution in [-0.4, -0.2) is 23.1 Å². The Bertz CT molecular complexity index is 431. The minimum atomic E-state index is -1.18. The highest BCUT2D eigenvalue weighted by Crippen LogP contribution is 2.14. The smallest absolute Gasteiger partial charge is 0.405 e. The predicted octanol–water partition coefficient (Wildman–Crippen LogP) is 0.495. The lowest BCUT2D eigenvalue weighted by Gasteiger charge is -2.12. The van der Waals surface area contributed by atoms with Crippen LogP contribution in [-0.2, 0) is 17.8 Å². The second kappa shape index (κ2) is 4.22. The van der Waals surface area contributed by atoms with Crippen LogP contribution in [0.3, 0.4) is 0 Å². The van der Waals surface area contributed by atoms with Crippen molar-refractivity contribution in [2.75, 3.05) is 0 Å². The van der Waals surface area contributed by atoms with E-state index < -0.39 is 12.1 Å². The lowest BCUT2D eigenvalue weighted by Crippen LogP contribution is -2.45. The van der Waals surface area contributed by atoms with Gasteiger partial charge in [0.15, 0.2) is 0 Å². The average molecular weight is 220 g/mol. The van der Waals surface area contributed by atoms with Gasteiger partial charge in [-0.2, -0.15) is 0 Å². The van der Waals surface area contributed by atoms with Crippen molar-refractivity contribution < 1.29 is 14.7 Å². The molecule has 0 radical (unpaired) electrons. The number of fused-ring (bicyclic) bond motifs is 1. The van der Waals surface area contributed by atoms with E-state index in [-0.39, 0.29) is 5.91 Å². The van der Waals surface area contributed by atoms with Crippen molar-refractivity contribution in [3.63, 3.8) is 0 Å². The number of nitrogens with one attached hydrogen (secondary N) is 2. The van der Waals surface area contributed by atoms with Crippen molar-refractivity contribution >= 4 is 12.0 Å². The van der Waals surface area contributed by atoms with Crippen LogP contribution in [0.5, 0.6) is 0 Å². The van der Waals surface area contributed by atoms with Crippen molar-refractivity contribution in [1.82, 2.24) is 10.6 Å². The van der Waals surface area contributed by atoms with Crippen molar-refractivity contribution in [2.24, 2.45) is 0 Å². The molecule has 1 aliphatic rings. The van der Waals surface area contributed by atoms with Crippen molar-refractivity contribution in [2.45, 2.75) is 19.0 Å². The van der Waals surface area contributed by atoms with Gasteiger partial charge in [0, 0.05) is 13.0 Å². The summed E-state index contributed by atoms with van der Waals surface area (Å²) in [5.41, 5.74) is 2.03. The maximum absolute atomic E-state index is 11.6. The van der Waals surface area contributed by atoms with E-state index in [1.807, 2.05) is 24.3 Å². The van der Waals surface area contributed by atoms with Crippen LogP contribution in [0.15, 0.2) is 24.3 Å². The van der Waals surface area contributed by atoms with Crippen LogP contribution in [0.25, 0.3) is 0 Å². The zero-order chi connectivity index (χ0) is 11.5. The molecule has 0 saturated heterocycles. The number of carbonyl (C=O) groups is 2. The summed E-state index contributed by atoms with van der Waals surface area (Å²) >= 11 is 0. The molecule has 0 aliphatic carbocycles. The van der Waals surface area contributed by atoms with Gasteiger partial charge in [0.2, 0.25) is 5.91 Å². The fraction of sp³-hybridized carbons (Fsp3) is 0.273. The topological polar surface area (TPSA) is 78.4 Å². The van der Waals surface area contributed by atoms with Crippen LogP contribution in [0, 0.1) is 0 Å². The van der Waals surface area contributed by atoms with Crippen LogP contribution in [0.4, 0.5) is 4.79 Å². The summed E-state index contributed by atoms with van der Waals surface area (Å²) in [7, 11) is 0. The van der Waals surface area contributed by atoms with Crippen molar-refractivity contribution in [1.29, 1.82) is 0 Å². The predicted molar refractivity (Wildman–Crippen MR) is 56.9 cm³/mol. The number of amides is 2. The Hall–Kier alpha value is -2.04. The molecule has 5 heteroatoms. The maximum Gasteiger partial charge on any atom is 0.405 e. The van der Waals surface area contributed by atoms with E-state index in [9.17, 15) is 9.59 Å². The van der Waals surface area contributed by atoms with Gasteiger partial charge in [-0.1, -0.05) is 24.3 Å². The quantitative estimate of drug-likeness (QED) is 0.644. The second-order valence-electron chi connectivity index (χ2n) is 3.69. The molecule has 84 valence electrons. The molecular formula is C11H12N2O3. The molecule has 0 saturated carbocycles. The Kier molecular flexibility index (Phi) is 2.76. The third kappa shape index (κ3) is 2.13. The molecule has 16 heavy (non-hydrogen) atoms. The molecule has 0 spiro atoms. The summed E-state index contributed by atoms with van der Waals surface area (Å²) in [4.78, 5) is 22.1. The summed E-state index contributed by atoms with van der Waals surface area (Å²) in [6.07, 6.45) is -0.784. The van der Waals surface area contributed by atoms with Crippen LogP contribution in [0.2, 0.25) is 0 Å². The summed E-state index contributed by atoms with van der Waals surface area (Å²) in [5.74, 6) is -0.279. The minimum Gasteiger partial charge on any atom is -0.465 e. The lowest BCUT2D eigenvalue weighted by molar-refractivity contribution is -0.122. The third-order valence-electron chi connectivity index (χ3n) is 2.61. The molecule has 0 aromatic heterocycles. The fourth-order valence-electron chi connectivity index (χ4n) is 1.81. The molecule has 1 unspecified atom stereocenters. The number of hydrogen-bond donors (Lipinski definition) is 3. The number of carboxylic acid groups (broad SMARTS) is 1. The standard InChI is InChI=1S/C11H12N2O3/c14-10-9(13-11(15)16)5-7-3-1-2-4-8(7)6-12-10/h1-4,9,13H,5-6H2,(H,12,14)(H,15,16). The first-order valence-electron chi connectivity index (χ1n) is 5.01. The first kappa shape index (κ1) is 10.5. The normalized spacial score (nSPS) is 19.2. The zero-order valence-corrected chi connectivity index (χ0v) is 8.56. The molecule has 1 aliphatic heterocycles. The molecule has 5 nitrogen and oxygen atoms in total. The Labute approximate surface area is 92.5 Å². The maximum atomic E-state index is 11.6. The first-order valence-corrected chi connectivity index (χ1v) is 5.01. The number of carbonyl (C=O) groups excluding carboxylic acids is 1. The molecule has 1 heterocycles. The van der Waals surface area contributed by atoms with Crippen LogP contribution in [0.1, 0.15) is 11.1 Å². The summed E-state index contributed by atoms with van der Waals surface area (Å²) in [6, 6.07) is 6.91. The summed E-state index contributed by atoms with van der Waals surface area (Å²) < 4.78 is 0. The molecule has 1 aromatic rings. The van der Waals surface area contributed by atoms with E-state index in [1.54, 1.807) is 0 Å². The molecule has 2 amide bonds. The van der Waals surface area contributed by atoms with Crippen molar-refractivity contribution in [3.8, 4) is 0 Å². The van der Waals surface area contributed by atoms with Gasteiger partial charge in [-0.3, -0.25) is 4.79 Å². The molecular weight excluding hydrogens is 208 g/mol. The molecule has 0 fully saturated rings. The Morgan fingerprint density at radius 3 is 2.75 bits per heavy atom. The van der Waals surface area contributed by atoms with Gasteiger partial charge in [-0.25, -0.2) is 4.79 Å². The minimum absolute atomic E-state index is 0.279. The number of benzene rings is 1. The molecule has 1 atom stereocenters. The highest BCUT2D eigenvalue weighted by molar-refractivity contribution is 5.86. The van der Waals surface area contributed by atoms with Gasteiger partial charge in [-0.15, -0.1) is 0 Å². The van der Waals surface area contributed by atoms with Crippen LogP contribution < -0.4 is 10.6 Å². The molecule has 3 N–H and O–H groups in total.